The van der Waals surface area contributed by atoms with Crippen molar-refractivity contribution in [2.45, 2.75) is 26.8 Å². The molecule has 0 bridgehead atoms. The smallest absolute Gasteiger partial charge is 0.228 e. The van der Waals surface area contributed by atoms with E-state index < -0.39 is 0 Å². The molecule has 6 rings (SSSR count). The fourth-order valence-electron chi connectivity index (χ4n) is 5.24. The lowest BCUT2D eigenvalue weighted by Crippen LogP contribution is -2.46. The van der Waals surface area contributed by atoms with E-state index in [2.05, 4.69) is 74.0 Å². The van der Waals surface area contributed by atoms with Gasteiger partial charge in [-0.15, -0.1) is 0 Å². The van der Waals surface area contributed by atoms with Gasteiger partial charge in [-0.3, -0.25) is 9.78 Å². The van der Waals surface area contributed by atoms with Crippen molar-refractivity contribution in [2.75, 3.05) is 48.3 Å². The number of aromatic nitrogens is 3. The Morgan fingerprint density at radius 1 is 1.06 bits per heavy atom. The third kappa shape index (κ3) is 4.18. The minimum Gasteiger partial charge on any atom is -0.376 e. The number of rotatable bonds is 6. The molecule has 1 aromatic carbocycles. The first-order chi connectivity index (χ1) is 17.6. The number of hydrogen-bond acceptors (Lipinski definition) is 6. The number of nitrogens with one attached hydrogen (secondary N) is 2. The molecule has 1 saturated heterocycles. The van der Waals surface area contributed by atoms with E-state index in [-0.39, 0.29) is 5.91 Å². The lowest BCUT2D eigenvalue weighted by molar-refractivity contribution is -0.115. The first kappa shape index (κ1) is 22.5. The molecule has 2 aliphatic heterocycles. The van der Waals surface area contributed by atoms with Gasteiger partial charge in [0, 0.05) is 55.5 Å². The van der Waals surface area contributed by atoms with Crippen molar-refractivity contribution < 1.29 is 4.79 Å². The van der Waals surface area contributed by atoms with E-state index in [9.17, 15) is 4.79 Å². The fourth-order valence-corrected chi connectivity index (χ4v) is 5.24. The summed E-state index contributed by atoms with van der Waals surface area (Å²) < 4.78 is 2.11. The molecule has 0 radical (unpaired) electrons. The molecule has 2 aliphatic rings. The third-order valence-electron chi connectivity index (χ3n) is 7.42. The van der Waals surface area contributed by atoms with E-state index >= 15 is 0 Å². The number of aryl methyl sites for hydroxylation is 1. The van der Waals surface area contributed by atoms with Gasteiger partial charge in [0.2, 0.25) is 5.91 Å². The number of pyridine rings is 2. The Kier molecular flexibility index (Phi) is 5.81. The van der Waals surface area contributed by atoms with Gasteiger partial charge >= 0.3 is 0 Å². The van der Waals surface area contributed by atoms with Crippen molar-refractivity contribution in [2.24, 2.45) is 0 Å². The van der Waals surface area contributed by atoms with Crippen LogP contribution >= 0.6 is 0 Å². The van der Waals surface area contributed by atoms with Crippen LogP contribution in [0.1, 0.15) is 23.9 Å². The molecule has 184 valence electrons. The van der Waals surface area contributed by atoms with Crippen LogP contribution in [0.25, 0.3) is 16.8 Å². The summed E-state index contributed by atoms with van der Waals surface area (Å²) >= 11 is 0. The van der Waals surface area contributed by atoms with Crippen LogP contribution in [0, 0.1) is 6.92 Å². The summed E-state index contributed by atoms with van der Waals surface area (Å²) in [5.74, 6) is 0.0491. The van der Waals surface area contributed by atoms with Crippen LogP contribution in [0.15, 0.2) is 55.0 Å². The maximum Gasteiger partial charge on any atom is 0.228 e. The van der Waals surface area contributed by atoms with Crippen LogP contribution < -0.4 is 15.5 Å². The van der Waals surface area contributed by atoms with E-state index in [4.69, 9.17) is 4.98 Å². The molecule has 0 aliphatic carbocycles. The predicted octanol–water partition coefficient (Wildman–Crippen LogP) is 3.95. The van der Waals surface area contributed by atoms with Crippen molar-refractivity contribution in [1.29, 1.82) is 0 Å². The minimum atomic E-state index is 0.0491. The number of imidazole rings is 1. The van der Waals surface area contributed by atoms with Crippen LogP contribution in [0.4, 0.5) is 17.1 Å². The Morgan fingerprint density at radius 2 is 1.92 bits per heavy atom. The van der Waals surface area contributed by atoms with Crippen molar-refractivity contribution in [3.63, 3.8) is 0 Å². The first-order valence-corrected chi connectivity index (χ1v) is 12.6. The summed E-state index contributed by atoms with van der Waals surface area (Å²) in [6.07, 6.45) is 6.25. The zero-order valence-corrected chi connectivity index (χ0v) is 20.8. The molecular formula is C28H31N7O. The topological polar surface area (TPSA) is 77.8 Å². The second-order valence-electron chi connectivity index (χ2n) is 9.56. The van der Waals surface area contributed by atoms with Gasteiger partial charge in [-0.25, -0.2) is 4.98 Å². The minimum absolute atomic E-state index is 0.0491. The molecular weight excluding hydrogens is 450 g/mol. The molecule has 8 nitrogen and oxygen atoms in total. The Hall–Kier alpha value is -3.91. The first-order valence-electron chi connectivity index (χ1n) is 12.6. The second kappa shape index (κ2) is 9.28. The van der Waals surface area contributed by atoms with Crippen LogP contribution in [-0.4, -0.2) is 57.9 Å². The summed E-state index contributed by atoms with van der Waals surface area (Å²) in [4.78, 5) is 26.0. The molecule has 5 heterocycles. The summed E-state index contributed by atoms with van der Waals surface area (Å²) in [6.45, 7) is 10.3. The lowest BCUT2D eigenvalue weighted by atomic mass is 10.0. The average molecular weight is 482 g/mol. The maximum atomic E-state index is 11.8. The van der Waals surface area contributed by atoms with E-state index in [1.165, 1.54) is 5.69 Å². The summed E-state index contributed by atoms with van der Waals surface area (Å²) in [6, 6.07) is 12.6. The number of fused-ring (bicyclic) bond motifs is 2. The van der Waals surface area contributed by atoms with Gasteiger partial charge in [0.15, 0.2) is 5.65 Å². The number of benzene rings is 1. The summed E-state index contributed by atoms with van der Waals surface area (Å²) in [7, 11) is 0. The van der Waals surface area contributed by atoms with Crippen LogP contribution in [0.2, 0.25) is 0 Å². The van der Waals surface area contributed by atoms with Crippen molar-refractivity contribution >= 4 is 28.6 Å². The Bertz CT molecular complexity index is 1420. The van der Waals surface area contributed by atoms with Gasteiger partial charge in [-0.2, -0.15) is 0 Å². The molecule has 0 atom stereocenters. The average Bonchev–Trinajstić information content (AvgIpc) is 3.55. The van der Waals surface area contributed by atoms with Crippen LogP contribution in [0.3, 0.4) is 0 Å². The molecule has 0 unspecified atom stereocenters. The quantitative estimate of drug-likeness (QED) is 0.434. The standard InChI is InChI=1S/C28H31N7O/c1-3-33-10-12-34(13-11-33)23-7-6-22(30-18-23)17-31-26-16-24(19(2)35-9-8-29-28(26)35)20-4-5-21-15-27(36)32-25(21)14-20/h4-9,14,16,18,31H,3,10-13,15,17H2,1-2H3,(H,32,36). The Morgan fingerprint density at radius 3 is 2.69 bits per heavy atom. The van der Waals surface area contributed by atoms with Crippen molar-refractivity contribution in [3.05, 3.63) is 71.9 Å². The normalized spacial score (nSPS) is 15.8. The van der Waals surface area contributed by atoms with Gasteiger partial charge in [0.1, 0.15) is 0 Å². The van der Waals surface area contributed by atoms with Crippen LogP contribution in [-0.2, 0) is 17.8 Å². The van der Waals surface area contributed by atoms with Gasteiger partial charge < -0.3 is 24.8 Å². The number of carbonyl (C=O) groups excluding carboxylic acids is 1. The van der Waals surface area contributed by atoms with E-state index in [0.29, 0.717) is 13.0 Å². The number of anilines is 3. The molecule has 0 spiro atoms. The molecule has 2 N–H and O–H groups in total. The molecule has 36 heavy (non-hydrogen) atoms. The van der Waals surface area contributed by atoms with Gasteiger partial charge in [0.05, 0.1) is 36.2 Å². The molecule has 1 amide bonds. The number of hydrogen-bond donors (Lipinski definition) is 2. The van der Waals surface area contributed by atoms with Crippen LogP contribution in [0.5, 0.6) is 0 Å². The van der Waals surface area contributed by atoms with Gasteiger partial charge in [-0.05, 0) is 48.9 Å². The van der Waals surface area contributed by atoms with Gasteiger partial charge in [0.25, 0.3) is 0 Å². The zero-order chi connectivity index (χ0) is 24.6. The predicted molar refractivity (Wildman–Crippen MR) is 144 cm³/mol. The highest BCUT2D eigenvalue weighted by Gasteiger charge is 2.20. The maximum absolute atomic E-state index is 11.8. The monoisotopic (exact) mass is 481 g/mol. The van der Waals surface area contributed by atoms with E-state index in [1.54, 1.807) is 0 Å². The Balaban J connectivity index is 1.22. The second-order valence-corrected chi connectivity index (χ2v) is 9.56. The molecule has 0 saturated carbocycles. The van der Waals surface area contributed by atoms with E-state index in [1.807, 2.05) is 24.7 Å². The zero-order valence-electron chi connectivity index (χ0n) is 20.8. The van der Waals surface area contributed by atoms with E-state index in [0.717, 1.165) is 77.8 Å². The number of amides is 1. The molecule has 8 heteroatoms. The van der Waals surface area contributed by atoms with Crippen molar-refractivity contribution in [1.82, 2.24) is 19.3 Å². The molecule has 3 aromatic heterocycles. The molecule has 4 aromatic rings. The Labute approximate surface area is 211 Å². The SMILES string of the molecule is CCN1CCN(c2ccc(CNc3cc(-c4ccc5c(c4)NC(=O)C5)c(C)n4ccnc34)nc2)CC1. The van der Waals surface area contributed by atoms with Crippen molar-refractivity contribution in [3.8, 4) is 11.1 Å². The fraction of sp³-hybridized carbons (Fsp3) is 0.321. The number of carbonyl (C=O) groups is 1. The summed E-state index contributed by atoms with van der Waals surface area (Å²) in [5, 5.41) is 6.53. The number of piperazine rings is 1. The highest BCUT2D eigenvalue weighted by molar-refractivity contribution is 6.00. The highest BCUT2D eigenvalue weighted by Crippen LogP contribution is 2.34. The lowest BCUT2D eigenvalue weighted by Gasteiger charge is -2.35. The largest absolute Gasteiger partial charge is 0.376 e. The third-order valence-corrected chi connectivity index (χ3v) is 7.42. The number of nitrogens with zero attached hydrogens (tertiary/aromatic N) is 5. The number of likely N-dealkylation sites (N-methyl/N-ethyl adjacent to an activating group) is 1. The molecule has 1 fully saturated rings. The van der Waals surface area contributed by atoms with Gasteiger partial charge in [-0.1, -0.05) is 19.1 Å². The highest BCUT2D eigenvalue weighted by atomic mass is 16.1. The summed E-state index contributed by atoms with van der Waals surface area (Å²) in [5.41, 5.74) is 9.22.